The summed E-state index contributed by atoms with van der Waals surface area (Å²) in [6, 6.07) is 4.83. The van der Waals surface area contributed by atoms with E-state index in [-0.39, 0.29) is 0 Å². The maximum Gasteiger partial charge on any atom is 0.0767 e. The summed E-state index contributed by atoms with van der Waals surface area (Å²) in [7, 11) is 2.04. The molecule has 2 heterocycles. The molecule has 0 radical (unpaired) electrons. The molecule has 1 atom stereocenters. The SMILES string of the molecule is CNC(c1sccc1C)c1sc(C)cc1C. The lowest BCUT2D eigenvalue weighted by Gasteiger charge is -2.15. The zero-order valence-electron chi connectivity index (χ0n) is 10.1. The van der Waals surface area contributed by atoms with Crippen molar-refractivity contribution in [3.63, 3.8) is 0 Å². The Bertz CT molecular complexity index is 482. The van der Waals surface area contributed by atoms with Crippen LogP contribution in [0.25, 0.3) is 0 Å². The molecule has 2 rings (SSSR count). The molecule has 0 saturated heterocycles. The fraction of sp³-hybridized carbons (Fsp3) is 0.385. The zero-order chi connectivity index (χ0) is 11.7. The first-order valence-electron chi connectivity index (χ1n) is 5.41. The van der Waals surface area contributed by atoms with Gasteiger partial charge in [-0.3, -0.25) is 0 Å². The number of hydrogen-bond acceptors (Lipinski definition) is 3. The van der Waals surface area contributed by atoms with Gasteiger partial charge in [0.2, 0.25) is 0 Å². The highest BCUT2D eigenvalue weighted by Crippen LogP contribution is 2.35. The molecule has 1 unspecified atom stereocenters. The van der Waals surface area contributed by atoms with Crippen molar-refractivity contribution in [3.8, 4) is 0 Å². The molecule has 86 valence electrons. The van der Waals surface area contributed by atoms with Crippen molar-refractivity contribution in [1.29, 1.82) is 0 Å². The van der Waals surface area contributed by atoms with Gasteiger partial charge >= 0.3 is 0 Å². The van der Waals surface area contributed by atoms with Gasteiger partial charge in [-0.25, -0.2) is 0 Å². The summed E-state index contributed by atoms with van der Waals surface area (Å²) in [5.74, 6) is 0. The fourth-order valence-corrected chi connectivity index (χ4v) is 4.28. The van der Waals surface area contributed by atoms with Crippen LogP contribution in [0.15, 0.2) is 17.5 Å². The Balaban J connectivity index is 2.44. The maximum atomic E-state index is 3.44. The Morgan fingerprint density at radius 1 is 1.12 bits per heavy atom. The summed E-state index contributed by atoms with van der Waals surface area (Å²) in [6.07, 6.45) is 0. The van der Waals surface area contributed by atoms with Gasteiger partial charge in [-0.05, 0) is 56.5 Å². The number of thiophene rings is 2. The minimum absolute atomic E-state index is 0.360. The van der Waals surface area contributed by atoms with Gasteiger partial charge in [0.25, 0.3) is 0 Å². The van der Waals surface area contributed by atoms with E-state index in [9.17, 15) is 0 Å². The smallest absolute Gasteiger partial charge is 0.0767 e. The van der Waals surface area contributed by atoms with Gasteiger partial charge < -0.3 is 5.32 Å². The first-order chi connectivity index (χ1) is 7.63. The summed E-state index contributed by atoms with van der Waals surface area (Å²) in [4.78, 5) is 4.28. The van der Waals surface area contributed by atoms with Gasteiger partial charge in [0, 0.05) is 14.6 Å². The number of hydrogen-bond donors (Lipinski definition) is 1. The van der Waals surface area contributed by atoms with Crippen molar-refractivity contribution in [1.82, 2.24) is 5.32 Å². The van der Waals surface area contributed by atoms with E-state index in [1.807, 2.05) is 29.7 Å². The van der Waals surface area contributed by atoms with Crippen molar-refractivity contribution >= 4 is 22.7 Å². The fourth-order valence-electron chi connectivity index (χ4n) is 2.01. The molecule has 0 aliphatic rings. The zero-order valence-corrected chi connectivity index (χ0v) is 11.8. The molecule has 0 aliphatic heterocycles. The van der Waals surface area contributed by atoms with Crippen LogP contribution in [0.4, 0.5) is 0 Å². The summed E-state index contributed by atoms with van der Waals surface area (Å²) < 4.78 is 0. The Hall–Kier alpha value is -0.640. The van der Waals surface area contributed by atoms with E-state index in [1.165, 1.54) is 25.8 Å². The summed E-state index contributed by atoms with van der Waals surface area (Å²) in [6.45, 7) is 6.56. The number of aryl methyl sites for hydroxylation is 3. The van der Waals surface area contributed by atoms with E-state index in [0.717, 1.165) is 0 Å². The van der Waals surface area contributed by atoms with E-state index in [1.54, 1.807) is 0 Å². The molecule has 1 N–H and O–H groups in total. The van der Waals surface area contributed by atoms with E-state index in [4.69, 9.17) is 0 Å². The van der Waals surface area contributed by atoms with Crippen LogP contribution >= 0.6 is 22.7 Å². The monoisotopic (exact) mass is 251 g/mol. The lowest BCUT2D eigenvalue weighted by Crippen LogP contribution is -2.16. The second-order valence-corrected chi connectivity index (χ2v) is 6.33. The van der Waals surface area contributed by atoms with Gasteiger partial charge in [0.15, 0.2) is 0 Å². The number of rotatable bonds is 3. The van der Waals surface area contributed by atoms with Crippen LogP contribution in [0.5, 0.6) is 0 Å². The molecule has 1 nitrogen and oxygen atoms in total. The van der Waals surface area contributed by atoms with Gasteiger partial charge in [-0.2, -0.15) is 0 Å². The predicted octanol–water partition coefficient (Wildman–Crippen LogP) is 4.04. The molecule has 0 fully saturated rings. The summed E-state index contributed by atoms with van der Waals surface area (Å²) in [5, 5.41) is 5.61. The van der Waals surface area contributed by atoms with Crippen LogP contribution in [0, 0.1) is 20.8 Å². The Labute approximate surface area is 105 Å². The minimum atomic E-state index is 0.360. The Morgan fingerprint density at radius 3 is 2.31 bits per heavy atom. The number of nitrogens with one attached hydrogen (secondary N) is 1. The van der Waals surface area contributed by atoms with Crippen molar-refractivity contribution in [2.24, 2.45) is 0 Å². The van der Waals surface area contributed by atoms with Crippen molar-refractivity contribution in [3.05, 3.63) is 43.3 Å². The third-order valence-electron chi connectivity index (χ3n) is 2.79. The van der Waals surface area contributed by atoms with Crippen LogP contribution in [-0.2, 0) is 0 Å². The molecular weight excluding hydrogens is 234 g/mol. The summed E-state index contributed by atoms with van der Waals surface area (Å²) >= 11 is 3.74. The van der Waals surface area contributed by atoms with E-state index < -0.39 is 0 Å². The van der Waals surface area contributed by atoms with E-state index >= 15 is 0 Å². The van der Waals surface area contributed by atoms with Gasteiger partial charge in [-0.1, -0.05) is 0 Å². The highest BCUT2D eigenvalue weighted by Gasteiger charge is 2.19. The molecule has 0 aliphatic carbocycles. The quantitative estimate of drug-likeness (QED) is 0.868. The largest absolute Gasteiger partial charge is 0.308 e. The molecule has 2 aromatic heterocycles. The average molecular weight is 251 g/mol. The predicted molar refractivity (Wildman–Crippen MR) is 73.8 cm³/mol. The maximum absolute atomic E-state index is 3.44. The van der Waals surface area contributed by atoms with Gasteiger partial charge in [0.1, 0.15) is 0 Å². The van der Waals surface area contributed by atoms with Crippen LogP contribution in [0.2, 0.25) is 0 Å². The topological polar surface area (TPSA) is 12.0 Å². The summed E-state index contributed by atoms with van der Waals surface area (Å²) in [5.41, 5.74) is 2.78. The van der Waals surface area contributed by atoms with Crippen LogP contribution in [-0.4, -0.2) is 7.05 Å². The highest BCUT2D eigenvalue weighted by atomic mass is 32.1. The molecule has 0 saturated carbocycles. The standard InChI is InChI=1S/C13H17NS2/c1-8-5-6-15-12(8)11(14-4)13-9(2)7-10(3)16-13/h5-7,11,14H,1-4H3. The second kappa shape index (κ2) is 4.70. The van der Waals surface area contributed by atoms with E-state index in [0.29, 0.717) is 6.04 Å². The molecule has 0 aromatic carbocycles. The average Bonchev–Trinajstić information content (AvgIpc) is 2.77. The van der Waals surface area contributed by atoms with Crippen molar-refractivity contribution in [2.75, 3.05) is 7.05 Å². The second-order valence-electron chi connectivity index (χ2n) is 4.09. The Kier molecular flexibility index (Phi) is 3.47. The van der Waals surface area contributed by atoms with Gasteiger partial charge in [-0.15, -0.1) is 22.7 Å². The van der Waals surface area contributed by atoms with Crippen molar-refractivity contribution in [2.45, 2.75) is 26.8 Å². The third-order valence-corrected chi connectivity index (χ3v) is 5.10. The molecule has 3 heteroatoms. The lowest BCUT2D eigenvalue weighted by atomic mass is 10.1. The van der Waals surface area contributed by atoms with Gasteiger partial charge in [0.05, 0.1) is 6.04 Å². The molecule has 0 bridgehead atoms. The molecule has 16 heavy (non-hydrogen) atoms. The highest BCUT2D eigenvalue weighted by molar-refractivity contribution is 7.13. The van der Waals surface area contributed by atoms with Crippen LogP contribution < -0.4 is 5.32 Å². The molecule has 0 amide bonds. The Morgan fingerprint density at radius 2 is 1.88 bits per heavy atom. The first-order valence-corrected chi connectivity index (χ1v) is 7.11. The normalized spacial score (nSPS) is 13.0. The molecule has 2 aromatic rings. The van der Waals surface area contributed by atoms with E-state index in [2.05, 4.69) is 43.6 Å². The molecular formula is C13H17NS2. The molecule has 0 spiro atoms. The first kappa shape index (κ1) is 11.8. The minimum Gasteiger partial charge on any atom is -0.308 e. The van der Waals surface area contributed by atoms with Crippen LogP contribution in [0.1, 0.15) is 31.8 Å². The lowest BCUT2D eigenvalue weighted by molar-refractivity contribution is 0.709. The third kappa shape index (κ3) is 2.08. The van der Waals surface area contributed by atoms with Crippen LogP contribution in [0.3, 0.4) is 0 Å². The van der Waals surface area contributed by atoms with Crippen molar-refractivity contribution < 1.29 is 0 Å².